The smallest absolute Gasteiger partial charge is 0.148 e. The monoisotopic (exact) mass is 191 g/mol. The molecule has 1 aliphatic rings. The molecular weight excluding hydrogens is 174 g/mol. The van der Waals surface area contributed by atoms with E-state index in [1.54, 1.807) is 0 Å². The van der Waals surface area contributed by atoms with Gasteiger partial charge in [0.1, 0.15) is 9.84 Å². The van der Waals surface area contributed by atoms with E-state index in [4.69, 9.17) is 0 Å². The Bertz CT molecular complexity index is 240. The van der Waals surface area contributed by atoms with Gasteiger partial charge in [-0.3, -0.25) is 4.90 Å². The van der Waals surface area contributed by atoms with Crippen molar-refractivity contribution in [3.05, 3.63) is 0 Å². The van der Waals surface area contributed by atoms with Crippen LogP contribution in [0.3, 0.4) is 0 Å². The van der Waals surface area contributed by atoms with Crippen LogP contribution in [-0.4, -0.2) is 44.0 Å². The predicted octanol–water partition coefficient (Wildman–Crippen LogP) is 0.514. The van der Waals surface area contributed by atoms with Crippen molar-refractivity contribution < 1.29 is 8.42 Å². The van der Waals surface area contributed by atoms with Crippen LogP contribution in [0.4, 0.5) is 0 Å². The summed E-state index contributed by atoms with van der Waals surface area (Å²) in [6, 6.07) is 1.14. The second kappa shape index (κ2) is 3.34. The van der Waals surface area contributed by atoms with Crippen LogP contribution in [0.5, 0.6) is 0 Å². The Hall–Kier alpha value is -0.0900. The van der Waals surface area contributed by atoms with Crippen LogP contribution >= 0.6 is 0 Å². The maximum absolute atomic E-state index is 10.9. The van der Waals surface area contributed by atoms with E-state index in [1.807, 2.05) is 0 Å². The number of sulfone groups is 1. The van der Waals surface area contributed by atoms with Gasteiger partial charge in [-0.15, -0.1) is 0 Å². The van der Waals surface area contributed by atoms with Crippen LogP contribution in [0.15, 0.2) is 0 Å². The first kappa shape index (κ1) is 9.99. The number of hydrogen-bond acceptors (Lipinski definition) is 3. The third kappa shape index (κ3) is 2.45. The quantitative estimate of drug-likeness (QED) is 0.652. The van der Waals surface area contributed by atoms with E-state index < -0.39 is 9.84 Å². The van der Waals surface area contributed by atoms with Crippen molar-refractivity contribution in [2.24, 2.45) is 0 Å². The van der Waals surface area contributed by atoms with Crippen LogP contribution in [0.25, 0.3) is 0 Å². The lowest BCUT2D eigenvalue weighted by Crippen LogP contribution is -2.54. The summed E-state index contributed by atoms with van der Waals surface area (Å²) >= 11 is 0. The summed E-state index contributed by atoms with van der Waals surface area (Å²) in [5.74, 6) is 0.293. The van der Waals surface area contributed by atoms with Gasteiger partial charge in [0.25, 0.3) is 0 Å². The minimum atomic E-state index is -2.78. The summed E-state index contributed by atoms with van der Waals surface area (Å²) in [5, 5.41) is 0. The molecule has 1 aliphatic heterocycles. The summed E-state index contributed by atoms with van der Waals surface area (Å²) < 4.78 is 21.7. The predicted molar refractivity (Wildman–Crippen MR) is 50.0 cm³/mol. The lowest BCUT2D eigenvalue weighted by Gasteiger charge is -2.45. The summed E-state index contributed by atoms with van der Waals surface area (Å²) in [6.45, 7) is 4.98. The van der Waals surface area contributed by atoms with E-state index in [1.165, 1.54) is 12.7 Å². The number of hydrogen-bond donors (Lipinski definition) is 0. The Morgan fingerprint density at radius 1 is 1.33 bits per heavy atom. The molecule has 0 radical (unpaired) electrons. The molecule has 0 amide bonds. The molecule has 0 aliphatic carbocycles. The van der Waals surface area contributed by atoms with Gasteiger partial charge in [-0.1, -0.05) is 0 Å². The maximum Gasteiger partial charge on any atom is 0.148 e. The normalized spacial score (nSPS) is 31.6. The van der Waals surface area contributed by atoms with Gasteiger partial charge < -0.3 is 0 Å². The number of nitrogens with zero attached hydrogens (tertiary/aromatic N) is 1. The topological polar surface area (TPSA) is 37.4 Å². The first-order valence-electron chi connectivity index (χ1n) is 4.33. The molecule has 1 fully saturated rings. The van der Waals surface area contributed by atoms with Gasteiger partial charge in [0, 0.05) is 24.9 Å². The van der Waals surface area contributed by atoms with Gasteiger partial charge >= 0.3 is 0 Å². The molecule has 0 N–H and O–H groups in total. The van der Waals surface area contributed by atoms with Crippen molar-refractivity contribution in [1.82, 2.24) is 4.90 Å². The molecule has 1 saturated heterocycles. The first-order valence-corrected chi connectivity index (χ1v) is 6.39. The molecular formula is C8H17NO2S. The molecule has 1 rings (SSSR count). The Balaban J connectivity index is 2.33. The highest BCUT2D eigenvalue weighted by Crippen LogP contribution is 2.23. The highest BCUT2D eigenvalue weighted by atomic mass is 32.2. The minimum absolute atomic E-state index is 0.293. The van der Waals surface area contributed by atoms with Crippen LogP contribution in [0, 0.1) is 0 Å². The van der Waals surface area contributed by atoms with Gasteiger partial charge in [0.05, 0.1) is 5.75 Å². The lowest BCUT2D eigenvalue weighted by atomic mass is 9.96. The van der Waals surface area contributed by atoms with Crippen molar-refractivity contribution in [3.8, 4) is 0 Å². The van der Waals surface area contributed by atoms with Crippen molar-refractivity contribution in [2.75, 3.05) is 18.6 Å². The average Bonchev–Trinajstić information content (AvgIpc) is 1.84. The molecule has 2 unspecified atom stereocenters. The largest absolute Gasteiger partial charge is 0.297 e. The van der Waals surface area contributed by atoms with E-state index in [2.05, 4.69) is 18.7 Å². The summed E-state index contributed by atoms with van der Waals surface area (Å²) in [5.41, 5.74) is 0. The van der Waals surface area contributed by atoms with E-state index in [-0.39, 0.29) is 0 Å². The zero-order valence-corrected chi connectivity index (χ0v) is 8.76. The van der Waals surface area contributed by atoms with Gasteiger partial charge in [0.2, 0.25) is 0 Å². The first-order chi connectivity index (χ1) is 5.40. The molecule has 0 spiro atoms. The fourth-order valence-electron chi connectivity index (χ4n) is 1.77. The fraction of sp³-hybridized carbons (Fsp3) is 1.00. The molecule has 0 aromatic rings. The third-order valence-electron chi connectivity index (χ3n) is 2.53. The second-order valence-electron chi connectivity index (χ2n) is 3.80. The summed E-state index contributed by atoms with van der Waals surface area (Å²) in [6.07, 6.45) is 2.49. The van der Waals surface area contributed by atoms with E-state index in [9.17, 15) is 8.42 Å². The van der Waals surface area contributed by atoms with E-state index >= 15 is 0 Å². The Morgan fingerprint density at radius 2 is 1.83 bits per heavy atom. The second-order valence-corrected chi connectivity index (χ2v) is 6.06. The molecule has 72 valence electrons. The third-order valence-corrected chi connectivity index (χ3v) is 3.46. The molecule has 4 heteroatoms. The summed E-state index contributed by atoms with van der Waals surface area (Å²) in [7, 11) is -2.78. The Labute approximate surface area is 74.7 Å². The lowest BCUT2D eigenvalue weighted by molar-refractivity contribution is 0.0452. The molecule has 12 heavy (non-hydrogen) atoms. The Morgan fingerprint density at radius 3 is 2.17 bits per heavy atom. The van der Waals surface area contributed by atoms with E-state index in [0.717, 1.165) is 0 Å². The van der Waals surface area contributed by atoms with Gasteiger partial charge in [-0.05, 0) is 20.3 Å². The molecule has 1 heterocycles. The molecule has 0 aromatic carbocycles. The SMILES string of the molecule is CC1CC(C)N1CCS(C)(=O)=O. The van der Waals surface area contributed by atoms with Crippen LogP contribution in [0.1, 0.15) is 20.3 Å². The molecule has 0 bridgehead atoms. The Kier molecular flexibility index (Phi) is 2.78. The van der Waals surface area contributed by atoms with Gasteiger partial charge in [-0.25, -0.2) is 8.42 Å². The van der Waals surface area contributed by atoms with E-state index in [0.29, 0.717) is 24.4 Å². The highest BCUT2D eigenvalue weighted by Gasteiger charge is 2.31. The standard InChI is InChI=1S/C8H17NO2S/c1-7-6-8(2)9(7)4-5-12(3,10)11/h7-8H,4-6H2,1-3H3. The molecule has 3 nitrogen and oxygen atoms in total. The maximum atomic E-state index is 10.9. The minimum Gasteiger partial charge on any atom is -0.297 e. The van der Waals surface area contributed by atoms with Crippen LogP contribution < -0.4 is 0 Å². The average molecular weight is 191 g/mol. The molecule has 0 saturated carbocycles. The van der Waals surface area contributed by atoms with Crippen LogP contribution in [0.2, 0.25) is 0 Å². The molecule has 0 aromatic heterocycles. The summed E-state index contributed by atoms with van der Waals surface area (Å²) in [4.78, 5) is 2.24. The number of rotatable bonds is 3. The van der Waals surface area contributed by atoms with Crippen molar-refractivity contribution in [3.63, 3.8) is 0 Å². The van der Waals surface area contributed by atoms with Gasteiger partial charge in [0.15, 0.2) is 0 Å². The number of likely N-dealkylation sites (tertiary alicyclic amines) is 1. The zero-order valence-electron chi connectivity index (χ0n) is 7.95. The van der Waals surface area contributed by atoms with Gasteiger partial charge in [-0.2, -0.15) is 0 Å². The van der Waals surface area contributed by atoms with Crippen molar-refractivity contribution in [1.29, 1.82) is 0 Å². The molecule has 2 atom stereocenters. The van der Waals surface area contributed by atoms with Crippen molar-refractivity contribution in [2.45, 2.75) is 32.4 Å². The fourth-order valence-corrected chi connectivity index (χ4v) is 2.32. The highest BCUT2D eigenvalue weighted by molar-refractivity contribution is 7.90. The van der Waals surface area contributed by atoms with Crippen molar-refractivity contribution >= 4 is 9.84 Å². The zero-order chi connectivity index (χ0) is 9.35. The van der Waals surface area contributed by atoms with Crippen LogP contribution in [-0.2, 0) is 9.84 Å².